The summed E-state index contributed by atoms with van der Waals surface area (Å²) >= 11 is 0. The molecule has 0 saturated carbocycles. The van der Waals surface area contributed by atoms with Gasteiger partial charge in [-0.25, -0.2) is 9.07 Å². The summed E-state index contributed by atoms with van der Waals surface area (Å²) in [6.07, 6.45) is 4.50. The highest BCUT2D eigenvalue weighted by atomic mass is 19.1. The van der Waals surface area contributed by atoms with Crippen LogP contribution in [0.4, 0.5) is 10.1 Å². The number of anilines is 1. The van der Waals surface area contributed by atoms with Crippen molar-refractivity contribution in [3.8, 4) is 5.69 Å². The van der Waals surface area contributed by atoms with Crippen molar-refractivity contribution >= 4 is 11.5 Å². The van der Waals surface area contributed by atoms with Crippen LogP contribution in [-0.4, -0.2) is 22.1 Å². The van der Waals surface area contributed by atoms with E-state index in [1.807, 2.05) is 47.4 Å². The van der Waals surface area contributed by atoms with Crippen LogP contribution in [0.5, 0.6) is 0 Å². The van der Waals surface area contributed by atoms with E-state index in [1.54, 1.807) is 12.1 Å². The maximum atomic E-state index is 13.8. The zero-order valence-electron chi connectivity index (χ0n) is 13.4. The molecule has 0 atom stereocenters. The Balaban J connectivity index is 1.65. The van der Waals surface area contributed by atoms with Crippen molar-refractivity contribution in [1.29, 1.82) is 0 Å². The molecule has 0 fully saturated rings. The van der Waals surface area contributed by atoms with Gasteiger partial charge in [-0.1, -0.05) is 24.3 Å². The summed E-state index contributed by atoms with van der Waals surface area (Å²) in [6.45, 7) is 1.96. The molecule has 3 rings (SSSR count). The number of nitrogens with zero attached hydrogens (tertiary/aromatic N) is 2. The zero-order chi connectivity index (χ0) is 16.9. The minimum atomic E-state index is -0.496. The van der Waals surface area contributed by atoms with Crippen LogP contribution in [-0.2, 0) is 6.42 Å². The summed E-state index contributed by atoms with van der Waals surface area (Å²) in [4.78, 5) is 11.6. The number of hydrogen-bond acceptors (Lipinski definition) is 3. The second kappa shape index (κ2) is 7.08. The molecule has 0 bridgehead atoms. The van der Waals surface area contributed by atoms with Gasteiger partial charge in [0.1, 0.15) is 5.82 Å². The standard InChI is InChI=1S/C19H18FN3O/c1-14(24)19-17(20)8-5-9-18(19)21-11-10-15-12-22-23(13-15)16-6-3-2-4-7-16/h2-9,12-13,21H,10-11H2,1H3. The van der Waals surface area contributed by atoms with Crippen LogP contribution in [0.2, 0.25) is 0 Å². The molecule has 0 unspecified atom stereocenters. The summed E-state index contributed by atoms with van der Waals surface area (Å²) in [5.74, 6) is -0.781. The van der Waals surface area contributed by atoms with E-state index in [2.05, 4.69) is 10.4 Å². The Labute approximate surface area is 139 Å². The fourth-order valence-electron chi connectivity index (χ4n) is 2.58. The Morgan fingerprint density at radius 2 is 1.96 bits per heavy atom. The molecule has 1 aromatic heterocycles. The Hall–Kier alpha value is -2.95. The molecular weight excluding hydrogens is 305 g/mol. The van der Waals surface area contributed by atoms with Crippen molar-refractivity contribution in [2.24, 2.45) is 0 Å². The lowest BCUT2D eigenvalue weighted by molar-refractivity contribution is 0.101. The van der Waals surface area contributed by atoms with Crippen LogP contribution < -0.4 is 5.32 Å². The lowest BCUT2D eigenvalue weighted by Gasteiger charge is -2.10. The zero-order valence-corrected chi connectivity index (χ0v) is 13.4. The van der Waals surface area contributed by atoms with Crippen molar-refractivity contribution < 1.29 is 9.18 Å². The molecule has 2 aromatic carbocycles. The second-order valence-electron chi connectivity index (χ2n) is 5.52. The van der Waals surface area contributed by atoms with E-state index in [4.69, 9.17) is 0 Å². The maximum Gasteiger partial charge on any atom is 0.164 e. The van der Waals surface area contributed by atoms with E-state index < -0.39 is 5.82 Å². The number of rotatable bonds is 6. The second-order valence-corrected chi connectivity index (χ2v) is 5.52. The minimum absolute atomic E-state index is 0.109. The van der Waals surface area contributed by atoms with E-state index in [0.29, 0.717) is 12.2 Å². The van der Waals surface area contributed by atoms with E-state index in [1.165, 1.54) is 13.0 Å². The van der Waals surface area contributed by atoms with Crippen LogP contribution >= 0.6 is 0 Å². The summed E-state index contributed by atoms with van der Waals surface area (Å²) in [6, 6.07) is 14.5. The molecule has 1 N–H and O–H groups in total. The highest BCUT2D eigenvalue weighted by Gasteiger charge is 2.12. The van der Waals surface area contributed by atoms with Gasteiger partial charge in [0, 0.05) is 18.4 Å². The topological polar surface area (TPSA) is 46.9 Å². The highest BCUT2D eigenvalue weighted by molar-refractivity contribution is 5.99. The fourth-order valence-corrected chi connectivity index (χ4v) is 2.58. The summed E-state index contributed by atoms with van der Waals surface area (Å²) < 4.78 is 15.6. The lowest BCUT2D eigenvalue weighted by atomic mass is 10.1. The summed E-state index contributed by atoms with van der Waals surface area (Å²) in [5.41, 5.74) is 2.70. The van der Waals surface area contributed by atoms with Crippen LogP contribution in [0.1, 0.15) is 22.8 Å². The third kappa shape index (κ3) is 3.51. The maximum absolute atomic E-state index is 13.8. The minimum Gasteiger partial charge on any atom is -0.384 e. The molecule has 0 aliphatic carbocycles. The molecular formula is C19H18FN3O. The SMILES string of the molecule is CC(=O)c1c(F)cccc1NCCc1cnn(-c2ccccc2)c1. The molecule has 0 aliphatic heterocycles. The third-order valence-corrected chi connectivity index (χ3v) is 3.75. The molecule has 3 aromatic rings. The molecule has 0 amide bonds. The van der Waals surface area contributed by atoms with Crippen LogP contribution in [0, 0.1) is 5.82 Å². The number of para-hydroxylation sites is 1. The first-order valence-corrected chi connectivity index (χ1v) is 7.77. The van der Waals surface area contributed by atoms with Gasteiger partial charge in [-0.15, -0.1) is 0 Å². The van der Waals surface area contributed by atoms with Gasteiger partial charge >= 0.3 is 0 Å². The molecule has 122 valence electrons. The fraction of sp³-hybridized carbons (Fsp3) is 0.158. The van der Waals surface area contributed by atoms with Crippen molar-refractivity contribution in [1.82, 2.24) is 9.78 Å². The average molecular weight is 323 g/mol. The Morgan fingerprint density at radius 3 is 2.71 bits per heavy atom. The Bertz CT molecular complexity index is 843. The Morgan fingerprint density at radius 1 is 1.17 bits per heavy atom. The molecule has 0 aliphatic rings. The van der Waals surface area contributed by atoms with Crippen molar-refractivity contribution in [2.75, 3.05) is 11.9 Å². The number of hydrogen-bond donors (Lipinski definition) is 1. The molecule has 0 radical (unpaired) electrons. The number of benzene rings is 2. The van der Waals surface area contributed by atoms with E-state index in [0.717, 1.165) is 17.7 Å². The first-order chi connectivity index (χ1) is 11.6. The normalized spacial score (nSPS) is 10.6. The number of Topliss-reactive ketones (excluding diaryl/α,β-unsaturated/α-hetero) is 1. The van der Waals surface area contributed by atoms with Crippen molar-refractivity contribution in [2.45, 2.75) is 13.3 Å². The Kier molecular flexibility index (Phi) is 4.70. The number of carbonyl (C=O) groups excluding carboxylic acids is 1. The van der Waals surface area contributed by atoms with Crippen molar-refractivity contribution in [3.63, 3.8) is 0 Å². The van der Waals surface area contributed by atoms with E-state index in [-0.39, 0.29) is 11.3 Å². The molecule has 0 saturated heterocycles. The summed E-state index contributed by atoms with van der Waals surface area (Å²) in [5, 5.41) is 7.48. The molecule has 1 heterocycles. The van der Waals surface area contributed by atoms with Gasteiger partial charge < -0.3 is 5.32 Å². The van der Waals surface area contributed by atoms with E-state index in [9.17, 15) is 9.18 Å². The number of nitrogens with one attached hydrogen (secondary N) is 1. The predicted molar refractivity (Wildman–Crippen MR) is 92.2 cm³/mol. The smallest absolute Gasteiger partial charge is 0.164 e. The highest BCUT2D eigenvalue weighted by Crippen LogP contribution is 2.19. The number of aromatic nitrogens is 2. The lowest BCUT2D eigenvalue weighted by Crippen LogP contribution is -2.09. The largest absolute Gasteiger partial charge is 0.384 e. The first kappa shape index (κ1) is 15.9. The summed E-state index contributed by atoms with van der Waals surface area (Å²) in [7, 11) is 0. The molecule has 0 spiro atoms. The number of halogens is 1. The average Bonchev–Trinajstić information content (AvgIpc) is 3.04. The predicted octanol–water partition coefficient (Wildman–Crippen LogP) is 3.87. The van der Waals surface area contributed by atoms with Crippen LogP contribution in [0.15, 0.2) is 60.9 Å². The van der Waals surface area contributed by atoms with Gasteiger partial charge in [0.15, 0.2) is 5.78 Å². The molecule has 5 heteroatoms. The van der Waals surface area contributed by atoms with Crippen LogP contribution in [0.25, 0.3) is 5.69 Å². The first-order valence-electron chi connectivity index (χ1n) is 7.77. The number of carbonyl (C=O) groups is 1. The van der Waals surface area contributed by atoms with Gasteiger partial charge in [-0.2, -0.15) is 5.10 Å². The molecule has 24 heavy (non-hydrogen) atoms. The van der Waals surface area contributed by atoms with Crippen LogP contribution in [0.3, 0.4) is 0 Å². The van der Waals surface area contributed by atoms with Gasteiger partial charge in [0.25, 0.3) is 0 Å². The van der Waals surface area contributed by atoms with E-state index >= 15 is 0 Å². The van der Waals surface area contributed by atoms with Gasteiger partial charge in [-0.05, 0) is 43.2 Å². The number of ketones is 1. The monoisotopic (exact) mass is 323 g/mol. The quantitative estimate of drug-likeness (QED) is 0.701. The molecule has 4 nitrogen and oxygen atoms in total. The third-order valence-electron chi connectivity index (χ3n) is 3.75. The van der Waals surface area contributed by atoms with Gasteiger partial charge in [0.2, 0.25) is 0 Å². The van der Waals surface area contributed by atoms with Crippen molar-refractivity contribution in [3.05, 3.63) is 77.9 Å². The van der Waals surface area contributed by atoms with Gasteiger partial charge in [-0.3, -0.25) is 4.79 Å². The van der Waals surface area contributed by atoms with Gasteiger partial charge in [0.05, 0.1) is 17.4 Å².